The lowest BCUT2D eigenvalue weighted by Crippen LogP contribution is -2.21. The van der Waals surface area contributed by atoms with Crippen LogP contribution in [0, 0.1) is 16.7 Å². The van der Waals surface area contributed by atoms with Gasteiger partial charge in [0.25, 0.3) is 5.56 Å². The highest BCUT2D eigenvalue weighted by atomic mass is 79.9. The zero-order valence-corrected chi connectivity index (χ0v) is 12.8. The van der Waals surface area contributed by atoms with Crippen molar-refractivity contribution in [1.29, 1.82) is 5.26 Å². The van der Waals surface area contributed by atoms with Gasteiger partial charge < -0.3 is 0 Å². The fourth-order valence-electron chi connectivity index (χ4n) is 1.51. The smallest absolute Gasteiger partial charge is 0.269 e. The second-order valence-electron chi connectivity index (χ2n) is 4.80. The molecule has 0 aromatic carbocycles. The highest BCUT2D eigenvalue weighted by Crippen LogP contribution is 2.21. The third kappa shape index (κ3) is 4.11. The Morgan fingerprint density at radius 2 is 2.22 bits per heavy atom. The number of unbranched alkanes of at least 4 members (excludes halogenated alkanes) is 1. The first-order valence-corrected chi connectivity index (χ1v) is 6.86. The summed E-state index contributed by atoms with van der Waals surface area (Å²) in [5, 5.41) is 9.07. The van der Waals surface area contributed by atoms with Crippen LogP contribution >= 0.6 is 27.5 Å². The Labute approximate surface area is 120 Å². The molecule has 0 N–H and O–H groups in total. The molecular formula is C12H15BrClN3O. The van der Waals surface area contributed by atoms with Crippen LogP contribution in [0.5, 0.6) is 0 Å². The van der Waals surface area contributed by atoms with Crippen LogP contribution < -0.4 is 5.56 Å². The van der Waals surface area contributed by atoms with Gasteiger partial charge in [-0.2, -0.15) is 5.26 Å². The van der Waals surface area contributed by atoms with Gasteiger partial charge in [-0.3, -0.25) is 9.36 Å². The number of halogens is 2. The van der Waals surface area contributed by atoms with Crippen LogP contribution in [-0.2, 0) is 6.54 Å². The van der Waals surface area contributed by atoms with E-state index in [-0.39, 0.29) is 16.1 Å². The third-order valence-electron chi connectivity index (χ3n) is 2.69. The molecule has 0 aliphatic carbocycles. The standard InChI is InChI=1S/C12H15BrClN3O/c1-12(2,7-15)5-3-4-6-17-8-16-10(14)9(13)11(17)18/h8H,3-6H2,1-2H3. The molecule has 1 heterocycles. The van der Waals surface area contributed by atoms with Crippen molar-refractivity contribution in [2.24, 2.45) is 5.41 Å². The van der Waals surface area contributed by atoms with Gasteiger partial charge in [-0.15, -0.1) is 0 Å². The van der Waals surface area contributed by atoms with E-state index >= 15 is 0 Å². The van der Waals surface area contributed by atoms with Crippen LogP contribution in [0.4, 0.5) is 0 Å². The summed E-state index contributed by atoms with van der Waals surface area (Å²) in [5.74, 6) is 0. The zero-order chi connectivity index (χ0) is 13.8. The zero-order valence-electron chi connectivity index (χ0n) is 10.4. The van der Waals surface area contributed by atoms with E-state index in [1.165, 1.54) is 10.9 Å². The molecule has 0 aliphatic heterocycles. The number of nitriles is 1. The third-order valence-corrected chi connectivity index (χ3v) is 3.92. The highest BCUT2D eigenvalue weighted by molar-refractivity contribution is 9.10. The van der Waals surface area contributed by atoms with Gasteiger partial charge in [0.1, 0.15) is 4.47 Å². The molecule has 1 aromatic heterocycles. The molecule has 1 rings (SSSR count). The summed E-state index contributed by atoms with van der Waals surface area (Å²) in [4.78, 5) is 15.7. The minimum atomic E-state index is -0.302. The molecule has 4 nitrogen and oxygen atoms in total. The number of aromatic nitrogens is 2. The quantitative estimate of drug-likeness (QED) is 0.613. The normalized spacial score (nSPS) is 11.3. The van der Waals surface area contributed by atoms with Gasteiger partial charge in [-0.1, -0.05) is 18.0 Å². The molecular weight excluding hydrogens is 318 g/mol. The van der Waals surface area contributed by atoms with Crippen molar-refractivity contribution in [3.8, 4) is 6.07 Å². The molecule has 6 heteroatoms. The lowest BCUT2D eigenvalue weighted by atomic mass is 9.89. The maximum absolute atomic E-state index is 11.8. The van der Waals surface area contributed by atoms with E-state index in [0.717, 1.165) is 19.3 Å². The lowest BCUT2D eigenvalue weighted by Gasteiger charge is -2.14. The SMILES string of the molecule is CC(C)(C#N)CCCCn1cnc(Cl)c(Br)c1=O. The van der Waals surface area contributed by atoms with Gasteiger partial charge in [0.15, 0.2) is 5.15 Å². The molecule has 1 aromatic rings. The Hall–Kier alpha value is -0.860. The first-order chi connectivity index (χ1) is 8.37. The van der Waals surface area contributed by atoms with Crippen LogP contribution in [0.2, 0.25) is 5.15 Å². The Kier molecular flexibility index (Phi) is 5.36. The van der Waals surface area contributed by atoms with Crippen molar-refractivity contribution in [2.75, 3.05) is 0 Å². The number of hydrogen-bond acceptors (Lipinski definition) is 3. The van der Waals surface area contributed by atoms with Crippen LogP contribution in [-0.4, -0.2) is 9.55 Å². The van der Waals surface area contributed by atoms with Crippen molar-refractivity contribution >= 4 is 27.5 Å². The maximum Gasteiger partial charge on any atom is 0.269 e. The van der Waals surface area contributed by atoms with E-state index in [0.29, 0.717) is 11.0 Å². The van der Waals surface area contributed by atoms with Crippen molar-refractivity contribution in [3.05, 3.63) is 26.3 Å². The summed E-state index contributed by atoms with van der Waals surface area (Å²) in [7, 11) is 0. The maximum atomic E-state index is 11.8. The topological polar surface area (TPSA) is 58.7 Å². The number of rotatable bonds is 5. The Bertz CT molecular complexity index is 519. The molecule has 0 saturated carbocycles. The van der Waals surface area contributed by atoms with Gasteiger partial charge in [-0.05, 0) is 42.6 Å². The molecule has 98 valence electrons. The molecule has 0 spiro atoms. The second kappa shape index (κ2) is 6.35. The van der Waals surface area contributed by atoms with Crippen LogP contribution in [0.25, 0.3) is 0 Å². The van der Waals surface area contributed by atoms with Gasteiger partial charge in [-0.25, -0.2) is 4.98 Å². The second-order valence-corrected chi connectivity index (χ2v) is 5.95. The predicted octanol–water partition coefficient (Wildman–Crippen LogP) is 3.38. The van der Waals surface area contributed by atoms with Crippen LogP contribution in [0.3, 0.4) is 0 Å². The fourth-order valence-corrected chi connectivity index (χ4v) is 1.96. The molecule has 18 heavy (non-hydrogen) atoms. The van der Waals surface area contributed by atoms with Crippen molar-refractivity contribution in [2.45, 2.75) is 39.7 Å². The van der Waals surface area contributed by atoms with Gasteiger partial charge in [0, 0.05) is 6.54 Å². The van der Waals surface area contributed by atoms with Crippen molar-refractivity contribution in [1.82, 2.24) is 9.55 Å². The highest BCUT2D eigenvalue weighted by Gasteiger charge is 2.15. The first kappa shape index (κ1) is 15.2. The molecule has 0 amide bonds. The van der Waals surface area contributed by atoms with E-state index in [2.05, 4.69) is 27.0 Å². The molecule has 0 radical (unpaired) electrons. The minimum absolute atomic E-state index is 0.172. The monoisotopic (exact) mass is 331 g/mol. The summed E-state index contributed by atoms with van der Waals surface area (Å²) in [6.45, 7) is 4.42. The summed E-state index contributed by atoms with van der Waals surface area (Å²) >= 11 is 8.83. The van der Waals surface area contributed by atoms with E-state index in [4.69, 9.17) is 16.9 Å². The summed E-state index contributed by atoms with van der Waals surface area (Å²) in [6, 6.07) is 2.26. The first-order valence-electron chi connectivity index (χ1n) is 5.69. The Morgan fingerprint density at radius 3 is 2.83 bits per heavy atom. The number of nitrogens with zero attached hydrogens (tertiary/aromatic N) is 3. The summed E-state index contributed by atoms with van der Waals surface area (Å²) in [5.41, 5.74) is -0.474. The molecule has 0 saturated heterocycles. The molecule has 0 unspecified atom stereocenters. The molecule has 0 atom stereocenters. The van der Waals surface area contributed by atoms with Crippen molar-refractivity contribution < 1.29 is 0 Å². The van der Waals surface area contributed by atoms with Crippen LogP contribution in [0.15, 0.2) is 15.6 Å². The van der Waals surface area contributed by atoms with E-state index in [1.807, 2.05) is 13.8 Å². The average Bonchev–Trinajstić information content (AvgIpc) is 2.34. The van der Waals surface area contributed by atoms with Crippen LogP contribution in [0.1, 0.15) is 33.1 Å². The molecule has 0 aliphatic rings. The van der Waals surface area contributed by atoms with Gasteiger partial charge >= 0.3 is 0 Å². The van der Waals surface area contributed by atoms with Gasteiger partial charge in [0.2, 0.25) is 0 Å². The number of hydrogen-bond donors (Lipinski definition) is 0. The Balaban J connectivity index is 2.54. The molecule has 0 bridgehead atoms. The average molecular weight is 333 g/mol. The predicted molar refractivity (Wildman–Crippen MR) is 74.5 cm³/mol. The minimum Gasteiger partial charge on any atom is -0.298 e. The van der Waals surface area contributed by atoms with E-state index < -0.39 is 0 Å². The fraction of sp³-hybridized carbons (Fsp3) is 0.583. The van der Waals surface area contributed by atoms with E-state index in [1.54, 1.807) is 0 Å². The Morgan fingerprint density at radius 1 is 1.56 bits per heavy atom. The summed E-state index contributed by atoms with van der Waals surface area (Å²) < 4.78 is 1.82. The largest absolute Gasteiger partial charge is 0.298 e. The molecule has 0 fully saturated rings. The van der Waals surface area contributed by atoms with Gasteiger partial charge in [0.05, 0.1) is 17.8 Å². The number of aryl methyl sites for hydroxylation is 1. The lowest BCUT2D eigenvalue weighted by molar-refractivity contribution is 0.415. The summed E-state index contributed by atoms with van der Waals surface area (Å²) in [6.07, 6.45) is 4.00. The van der Waals surface area contributed by atoms with Crippen molar-refractivity contribution in [3.63, 3.8) is 0 Å². The van der Waals surface area contributed by atoms with E-state index in [9.17, 15) is 4.79 Å².